The van der Waals surface area contributed by atoms with Crippen molar-refractivity contribution in [2.24, 2.45) is 17.3 Å². The molecule has 0 aliphatic heterocycles. The molecule has 0 aliphatic rings. The molecule has 0 heterocycles. The van der Waals surface area contributed by atoms with E-state index in [0.717, 1.165) is 0 Å². The Kier molecular flexibility index (Phi) is 2.13. The van der Waals surface area contributed by atoms with Gasteiger partial charge in [-0.25, -0.2) is 5.43 Å². The van der Waals surface area contributed by atoms with Gasteiger partial charge >= 0.3 is 0 Å². The Hall–Kier alpha value is -0.200. The molecule has 0 amide bonds. The summed E-state index contributed by atoms with van der Waals surface area (Å²) in [6, 6.07) is 0. The lowest BCUT2D eigenvalue weighted by molar-refractivity contribution is 0.300. The molecule has 0 aromatic rings. The van der Waals surface area contributed by atoms with Gasteiger partial charge in [0.1, 0.15) is 0 Å². The van der Waals surface area contributed by atoms with E-state index in [4.69, 9.17) is 17.3 Å². The van der Waals surface area contributed by atoms with Crippen molar-refractivity contribution < 1.29 is 0 Å². The van der Waals surface area contributed by atoms with Gasteiger partial charge in [0, 0.05) is 0 Å². The van der Waals surface area contributed by atoms with Gasteiger partial charge < -0.3 is 0 Å². The third-order valence-corrected chi connectivity index (χ3v) is 0.653. The average molecular weight is 105 g/mol. The predicted molar refractivity (Wildman–Crippen MR) is 27.5 cm³/mol. The summed E-state index contributed by atoms with van der Waals surface area (Å²) in [6.07, 6.45) is 0. The Labute approximate surface area is 42.2 Å². The van der Waals surface area contributed by atoms with E-state index in [0.29, 0.717) is 0 Å². The van der Waals surface area contributed by atoms with Crippen LogP contribution in [0.2, 0.25) is 0 Å². The molecule has 5 nitrogen and oxygen atoms in total. The second-order valence-corrected chi connectivity index (χ2v) is 1.26. The molecule has 0 bridgehead atoms. The maximum Gasteiger partial charge on any atom is 0.188 e. The Morgan fingerprint density at radius 3 is 1.86 bits per heavy atom. The van der Waals surface area contributed by atoms with Crippen molar-refractivity contribution in [2.75, 3.05) is 7.05 Å². The first kappa shape index (κ1) is 6.80. The zero-order chi connectivity index (χ0) is 5.91. The summed E-state index contributed by atoms with van der Waals surface area (Å²) in [7, 11) is 1.60. The van der Waals surface area contributed by atoms with E-state index >= 15 is 0 Å². The summed E-state index contributed by atoms with van der Waals surface area (Å²) >= 11 is 0. The van der Waals surface area contributed by atoms with E-state index in [1.165, 1.54) is 0 Å². The van der Waals surface area contributed by atoms with Crippen LogP contribution in [0.5, 0.6) is 0 Å². The zero-order valence-electron chi connectivity index (χ0n) is 4.23. The van der Waals surface area contributed by atoms with E-state index in [2.05, 4.69) is 10.7 Å². The van der Waals surface area contributed by atoms with E-state index in [-0.39, 0.29) is 0 Å². The van der Waals surface area contributed by atoms with Crippen LogP contribution in [0.1, 0.15) is 0 Å². The smallest absolute Gasteiger partial charge is 0.188 e. The fraction of sp³-hybridized carbons (Fsp3) is 1.00. The zero-order valence-corrected chi connectivity index (χ0v) is 4.23. The first-order valence-electron chi connectivity index (χ1n) is 1.87. The molecule has 7 heavy (non-hydrogen) atoms. The normalized spacial score (nSPS) is 12.0. The van der Waals surface area contributed by atoms with Crippen molar-refractivity contribution in [3.8, 4) is 0 Å². The van der Waals surface area contributed by atoms with Gasteiger partial charge in [-0.05, 0) is 7.05 Å². The van der Waals surface area contributed by atoms with E-state index in [1.54, 1.807) is 7.05 Å². The van der Waals surface area contributed by atoms with Gasteiger partial charge in [-0.3, -0.25) is 22.6 Å². The van der Waals surface area contributed by atoms with Crippen LogP contribution in [0.15, 0.2) is 0 Å². The van der Waals surface area contributed by atoms with Gasteiger partial charge in [0.2, 0.25) is 0 Å². The summed E-state index contributed by atoms with van der Waals surface area (Å²) in [5.74, 6) is 3.72. The lowest BCUT2D eigenvalue weighted by Gasteiger charge is -2.21. The number of hydrogen-bond donors (Lipinski definition) is 5. The monoisotopic (exact) mass is 105 g/mol. The lowest BCUT2D eigenvalue weighted by Crippen LogP contribution is -2.71. The third-order valence-electron chi connectivity index (χ3n) is 0.653. The van der Waals surface area contributed by atoms with Crippen molar-refractivity contribution in [3.63, 3.8) is 0 Å². The molecule has 5 heteroatoms. The van der Waals surface area contributed by atoms with E-state index in [9.17, 15) is 0 Å². The molecular formula is C2H11N5. The standard InChI is InChI=1S/C2H11N5/c1-6-2(3,4)7-5/h6-7H,3-5H2,1H3. The van der Waals surface area contributed by atoms with Crippen LogP contribution < -0.4 is 28.1 Å². The van der Waals surface area contributed by atoms with Crippen molar-refractivity contribution in [1.82, 2.24) is 10.7 Å². The van der Waals surface area contributed by atoms with Crippen LogP contribution >= 0.6 is 0 Å². The second-order valence-electron chi connectivity index (χ2n) is 1.26. The highest BCUT2D eigenvalue weighted by Crippen LogP contribution is 1.63. The molecule has 0 aliphatic carbocycles. The molecular weight excluding hydrogens is 94.1 g/mol. The van der Waals surface area contributed by atoms with Gasteiger partial charge in [0.15, 0.2) is 5.91 Å². The van der Waals surface area contributed by atoms with Gasteiger partial charge in [-0.2, -0.15) is 0 Å². The maximum atomic E-state index is 5.15. The number of nitrogens with two attached hydrogens (primary N) is 3. The summed E-state index contributed by atoms with van der Waals surface area (Å²) < 4.78 is 0. The molecule has 0 radical (unpaired) electrons. The third kappa shape index (κ3) is 2.49. The largest absolute Gasteiger partial charge is 0.287 e. The number of hydrazine groups is 1. The highest BCUT2D eigenvalue weighted by molar-refractivity contribution is 4.61. The Balaban J connectivity index is 3.36. The Bertz CT molecular complexity index is 44.0. The molecule has 44 valence electrons. The van der Waals surface area contributed by atoms with Crippen LogP contribution in [0, 0.1) is 0 Å². The predicted octanol–water partition coefficient (Wildman–Crippen LogP) is -2.80. The first-order chi connectivity index (χ1) is 3.12. The summed E-state index contributed by atoms with van der Waals surface area (Å²) in [4.78, 5) is 0. The second kappa shape index (κ2) is 2.20. The van der Waals surface area contributed by atoms with Gasteiger partial charge in [-0.15, -0.1) is 0 Å². The summed E-state index contributed by atoms with van der Waals surface area (Å²) in [5, 5.41) is 2.51. The molecule has 8 N–H and O–H groups in total. The van der Waals surface area contributed by atoms with Crippen molar-refractivity contribution in [3.05, 3.63) is 0 Å². The summed E-state index contributed by atoms with van der Waals surface area (Å²) in [6.45, 7) is 0. The SMILES string of the molecule is CNC(N)(N)NN. The minimum Gasteiger partial charge on any atom is -0.287 e. The molecule has 0 aromatic carbocycles. The first-order valence-corrected chi connectivity index (χ1v) is 1.87. The van der Waals surface area contributed by atoms with Crippen LogP contribution in [-0.4, -0.2) is 13.0 Å². The van der Waals surface area contributed by atoms with Crippen molar-refractivity contribution >= 4 is 0 Å². The van der Waals surface area contributed by atoms with Gasteiger partial charge in [0.05, 0.1) is 0 Å². The molecule has 0 rings (SSSR count). The minimum atomic E-state index is -1.14. The number of rotatable bonds is 2. The number of nitrogens with one attached hydrogen (secondary N) is 2. The van der Waals surface area contributed by atoms with Crippen LogP contribution in [0.25, 0.3) is 0 Å². The van der Waals surface area contributed by atoms with E-state index in [1.807, 2.05) is 0 Å². The Morgan fingerprint density at radius 2 is 1.86 bits per heavy atom. The fourth-order valence-corrected chi connectivity index (χ4v) is 0.0722. The topological polar surface area (TPSA) is 102 Å². The highest BCUT2D eigenvalue weighted by Gasteiger charge is 2.09. The molecule has 0 saturated carbocycles. The van der Waals surface area contributed by atoms with Crippen LogP contribution in [0.3, 0.4) is 0 Å². The molecule has 0 saturated heterocycles. The van der Waals surface area contributed by atoms with Gasteiger partial charge in [0.25, 0.3) is 0 Å². The van der Waals surface area contributed by atoms with Crippen molar-refractivity contribution in [1.29, 1.82) is 0 Å². The fourth-order valence-electron chi connectivity index (χ4n) is 0.0722. The molecule has 0 spiro atoms. The minimum absolute atomic E-state index is 1.14. The maximum absolute atomic E-state index is 5.15. The Morgan fingerprint density at radius 1 is 1.43 bits per heavy atom. The molecule has 0 unspecified atom stereocenters. The molecule has 0 atom stereocenters. The van der Waals surface area contributed by atoms with Crippen LogP contribution in [0.4, 0.5) is 0 Å². The van der Waals surface area contributed by atoms with Crippen molar-refractivity contribution in [2.45, 2.75) is 5.91 Å². The molecule has 0 fully saturated rings. The lowest BCUT2D eigenvalue weighted by atomic mass is 10.7. The molecule has 0 aromatic heterocycles. The van der Waals surface area contributed by atoms with E-state index < -0.39 is 5.91 Å². The average Bonchev–Trinajstić information content (AvgIpc) is 1.68. The quantitative estimate of drug-likeness (QED) is 0.148. The van der Waals surface area contributed by atoms with Gasteiger partial charge in [-0.1, -0.05) is 0 Å². The number of hydrogen-bond acceptors (Lipinski definition) is 5. The summed E-state index contributed by atoms with van der Waals surface area (Å²) in [5.41, 5.74) is 12.4. The highest BCUT2D eigenvalue weighted by atomic mass is 15.5. The van der Waals surface area contributed by atoms with Crippen LogP contribution in [-0.2, 0) is 0 Å².